The average Bonchev–Trinajstić information content (AvgIpc) is 3.39. The van der Waals surface area contributed by atoms with Crippen LogP contribution < -0.4 is 10.1 Å². The van der Waals surface area contributed by atoms with Gasteiger partial charge in [-0.15, -0.1) is 22.7 Å². The monoisotopic (exact) mass is 439 g/mol. The van der Waals surface area contributed by atoms with E-state index in [1.54, 1.807) is 23.0 Å². The van der Waals surface area contributed by atoms with Gasteiger partial charge in [0.25, 0.3) is 5.91 Å². The van der Waals surface area contributed by atoms with Gasteiger partial charge in [0.2, 0.25) is 0 Å². The van der Waals surface area contributed by atoms with Crippen LogP contribution in [0.5, 0.6) is 5.75 Å². The van der Waals surface area contributed by atoms with Crippen LogP contribution in [0.1, 0.15) is 24.3 Å². The topological polar surface area (TPSA) is 64.1 Å². The quantitative estimate of drug-likeness (QED) is 0.394. The number of carbonyl (C=O) groups is 1. The van der Waals surface area contributed by atoms with E-state index in [4.69, 9.17) is 4.74 Å². The highest BCUT2D eigenvalue weighted by Crippen LogP contribution is 2.31. The molecular weight excluding hydrogens is 421 g/mol. The van der Waals surface area contributed by atoms with Crippen molar-refractivity contribution in [3.63, 3.8) is 0 Å². The van der Waals surface area contributed by atoms with E-state index >= 15 is 0 Å². The molecule has 0 atom stereocenters. The smallest absolute Gasteiger partial charge is 0.275 e. The van der Waals surface area contributed by atoms with Crippen LogP contribution in [0.15, 0.2) is 59.4 Å². The van der Waals surface area contributed by atoms with Crippen molar-refractivity contribution < 1.29 is 13.9 Å². The van der Waals surface area contributed by atoms with E-state index in [2.05, 4.69) is 15.3 Å². The molecule has 4 rings (SSSR count). The standard InChI is InChI=1S/C22H18FN3O2S2/c1-13(2)28-17-9-5-15(6-10-17)21-25-18(11-29-21)20(27)26-22-19(24-12-30-22)14-3-7-16(23)8-4-14/h3-13H,1-2H3,(H,26,27). The zero-order valence-corrected chi connectivity index (χ0v) is 17.9. The minimum absolute atomic E-state index is 0.109. The second-order valence-corrected chi connectivity index (χ2v) is 8.43. The molecule has 0 fully saturated rings. The third-order valence-electron chi connectivity index (χ3n) is 4.12. The van der Waals surface area contributed by atoms with Gasteiger partial charge in [0.15, 0.2) is 0 Å². The number of hydrogen-bond acceptors (Lipinski definition) is 6. The molecule has 0 aliphatic carbocycles. The molecule has 2 heterocycles. The minimum Gasteiger partial charge on any atom is -0.491 e. The number of thiazole rings is 2. The summed E-state index contributed by atoms with van der Waals surface area (Å²) in [6, 6.07) is 13.6. The highest BCUT2D eigenvalue weighted by Gasteiger charge is 2.16. The molecule has 5 nitrogen and oxygen atoms in total. The molecule has 0 aliphatic rings. The van der Waals surface area contributed by atoms with Crippen LogP contribution in [0.2, 0.25) is 0 Å². The van der Waals surface area contributed by atoms with Gasteiger partial charge in [0.1, 0.15) is 33.0 Å². The van der Waals surface area contributed by atoms with E-state index in [1.165, 1.54) is 34.8 Å². The summed E-state index contributed by atoms with van der Waals surface area (Å²) in [6.45, 7) is 3.95. The Balaban J connectivity index is 1.49. The number of amides is 1. The molecule has 2 aromatic carbocycles. The second-order valence-electron chi connectivity index (χ2n) is 6.72. The summed E-state index contributed by atoms with van der Waals surface area (Å²) in [6.07, 6.45) is 0.109. The fraction of sp³-hybridized carbons (Fsp3) is 0.136. The van der Waals surface area contributed by atoms with Gasteiger partial charge >= 0.3 is 0 Å². The zero-order chi connectivity index (χ0) is 21.1. The highest BCUT2D eigenvalue weighted by molar-refractivity contribution is 7.14. The Morgan fingerprint density at radius 3 is 2.43 bits per heavy atom. The number of nitrogens with zero attached hydrogens (tertiary/aromatic N) is 2. The Kier molecular flexibility index (Phi) is 5.87. The lowest BCUT2D eigenvalue weighted by Gasteiger charge is -2.09. The van der Waals surface area contributed by atoms with Crippen molar-refractivity contribution in [2.24, 2.45) is 0 Å². The fourth-order valence-electron chi connectivity index (χ4n) is 2.77. The number of carbonyl (C=O) groups excluding carboxylic acids is 1. The third-order valence-corrected chi connectivity index (χ3v) is 5.76. The van der Waals surface area contributed by atoms with E-state index in [9.17, 15) is 9.18 Å². The Hall–Kier alpha value is -3.10. The largest absolute Gasteiger partial charge is 0.491 e. The maximum Gasteiger partial charge on any atom is 0.275 e. The second kappa shape index (κ2) is 8.73. The molecule has 0 aliphatic heterocycles. The van der Waals surface area contributed by atoms with Crippen LogP contribution in [0.25, 0.3) is 21.8 Å². The lowest BCUT2D eigenvalue weighted by Crippen LogP contribution is -2.12. The van der Waals surface area contributed by atoms with Crippen molar-refractivity contribution in [3.05, 3.63) is 70.9 Å². The number of hydrogen-bond donors (Lipinski definition) is 1. The summed E-state index contributed by atoms with van der Waals surface area (Å²) in [7, 11) is 0. The summed E-state index contributed by atoms with van der Waals surface area (Å²) in [5.41, 5.74) is 4.22. The number of anilines is 1. The van der Waals surface area contributed by atoms with E-state index in [0.717, 1.165) is 21.9 Å². The molecule has 0 saturated carbocycles. The molecule has 8 heteroatoms. The van der Waals surface area contributed by atoms with Gasteiger partial charge in [-0.1, -0.05) is 0 Å². The fourth-order valence-corrected chi connectivity index (χ4v) is 4.28. The van der Waals surface area contributed by atoms with Gasteiger partial charge < -0.3 is 10.1 Å². The van der Waals surface area contributed by atoms with Gasteiger partial charge in [0.05, 0.1) is 11.6 Å². The normalized spacial score (nSPS) is 10.9. The number of ether oxygens (including phenoxy) is 1. The van der Waals surface area contributed by atoms with Crippen molar-refractivity contribution in [1.29, 1.82) is 0 Å². The number of halogens is 1. The van der Waals surface area contributed by atoms with Gasteiger partial charge in [0, 0.05) is 16.5 Å². The van der Waals surface area contributed by atoms with Crippen molar-refractivity contribution >= 4 is 33.6 Å². The molecule has 2 aromatic heterocycles. The van der Waals surface area contributed by atoms with Gasteiger partial charge in [-0.2, -0.15) is 0 Å². The Bertz CT molecular complexity index is 1150. The van der Waals surface area contributed by atoms with E-state index in [1.807, 2.05) is 38.1 Å². The van der Waals surface area contributed by atoms with E-state index < -0.39 is 0 Å². The molecule has 30 heavy (non-hydrogen) atoms. The summed E-state index contributed by atoms with van der Waals surface area (Å²) < 4.78 is 18.8. The van der Waals surface area contributed by atoms with Crippen LogP contribution in [0.3, 0.4) is 0 Å². The summed E-state index contributed by atoms with van der Waals surface area (Å²) in [4.78, 5) is 21.5. The Morgan fingerprint density at radius 1 is 1.03 bits per heavy atom. The van der Waals surface area contributed by atoms with E-state index in [0.29, 0.717) is 16.4 Å². The minimum atomic E-state index is -0.321. The van der Waals surface area contributed by atoms with Crippen LogP contribution in [0, 0.1) is 5.82 Å². The molecule has 0 unspecified atom stereocenters. The predicted molar refractivity (Wildman–Crippen MR) is 119 cm³/mol. The first-order chi connectivity index (χ1) is 14.5. The molecule has 4 aromatic rings. The average molecular weight is 440 g/mol. The maximum absolute atomic E-state index is 13.2. The SMILES string of the molecule is CC(C)Oc1ccc(-c2nc(C(=O)Nc3scnc3-c3ccc(F)cc3)cs2)cc1. The number of nitrogens with one attached hydrogen (secondary N) is 1. The van der Waals surface area contributed by atoms with Crippen molar-refractivity contribution in [2.45, 2.75) is 20.0 Å². The molecule has 0 bridgehead atoms. The predicted octanol–water partition coefficient (Wildman–Crippen LogP) is 6.11. The number of rotatable bonds is 6. The van der Waals surface area contributed by atoms with Gasteiger partial charge in [-0.25, -0.2) is 14.4 Å². The van der Waals surface area contributed by atoms with Crippen LogP contribution >= 0.6 is 22.7 Å². The first-order valence-corrected chi connectivity index (χ1v) is 11.0. The Labute approximate surface area is 181 Å². The lowest BCUT2D eigenvalue weighted by molar-refractivity contribution is 0.102. The van der Waals surface area contributed by atoms with Gasteiger partial charge in [-0.05, 0) is 62.4 Å². The van der Waals surface area contributed by atoms with Crippen molar-refractivity contribution in [2.75, 3.05) is 5.32 Å². The van der Waals surface area contributed by atoms with Gasteiger partial charge in [-0.3, -0.25) is 4.79 Å². The van der Waals surface area contributed by atoms with Crippen LogP contribution in [-0.2, 0) is 0 Å². The molecule has 1 amide bonds. The zero-order valence-electron chi connectivity index (χ0n) is 16.3. The lowest BCUT2D eigenvalue weighted by atomic mass is 10.1. The highest BCUT2D eigenvalue weighted by atomic mass is 32.1. The number of aromatic nitrogens is 2. The molecule has 152 valence electrons. The first-order valence-electron chi connectivity index (χ1n) is 9.23. The third kappa shape index (κ3) is 4.55. The number of benzene rings is 2. The molecule has 1 N–H and O–H groups in total. The summed E-state index contributed by atoms with van der Waals surface area (Å²) in [5, 5.41) is 5.93. The first kappa shape index (κ1) is 20.2. The molecular formula is C22H18FN3O2S2. The van der Waals surface area contributed by atoms with Crippen LogP contribution in [-0.4, -0.2) is 22.0 Å². The molecule has 0 spiro atoms. The maximum atomic E-state index is 13.2. The van der Waals surface area contributed by atoms with Crippen LogP contribution in [0.4, 0.5) is 9.39 Å². The van der Waals surface area contributed by atoms with Crippen molar-refractivity contribution in [1.82, 2.24) is 9.97 Å². The Morgan fingerprint density at radius 2 is 1.73 bits per heavy atom. The summed E-state index contributed by atoms with van der Waals surface area (Å²) in [5.74, 6) is 0.157. The molecule has 0 saturated heterocycles. The summed E-state index contributed by atoms with van der Waals surface area (Å²) >= 11 is 2.70. The molecule has 0 radical (unpaired) electrons. The van der Waals surface area contributed by atoms with Crippen molar-refractivity contribution in [3.8, 4) is 27.6 Å². The van der Waals surface area contributed by atoms with E-state index in [-0.39, 0.29) is 17.8 Å².